The number of hydrogen-bond acceptors (Lipinski definition) is 4. The summed E-state index contributed by atoms with van der Waals surface area (Å²) < 4.78 is 10.00. The van der Waals surface area contributed by atoms with Crippen molar-refractivity contribution in [3.63, 3.8) is 0 Å². The number of cyclic esters (lactones) is 1. The first-order valence-corrected chi connectivity index (χ1v) is 5.86. The standard InChI is InChI=1S/C14H14O4/c1-2-7-17-13(15)12-8-10-5-3-4-6-11(10)9-18-14(12)16/h3-6,8H,2,7,9H2,1H3. The number of benzene rings is 1. The van der Waals surface area contributed by atoms with E-state index in [1.807, 2.05) is 31.2 Å². The summed E-state index contributed by atoms with van der Waals surface area (Å²) in [6.07, 6.45) is 2.24. The molecule has 4 nitrogen and oxygen atoms in total. The summed E-state index contributed by atoms with van der Waals surface area (Å²) in [5, 5.41) is 0. The molecule has 0 aliphatic carbocycles. The molecular formula is C14H14O4. The highest BCUT2D eigenvalue weighted by molar-refractivity contribution is 6.18. The van der Waals surface area contributed by atoms with Crippen molar-refractivity contribution in [2.45, 2.75) is 20.0 Å². The van der Waals surface area contributed by atoms with Gasteiger partial charge in [0.1, 0.15) is 12.2 Å². The molecular weight excluding hydrogens is 232 g/mol. The Morgan fingerprint density at radius 3 is 2.94 bits per heavy atom. The SMILES string of the molecule is CCCOC(=O)C1=Cc2ccccc2COC1=O. The van der Waals surface area contributed by atoms with Gasteiger partial charge in [0.2, 0.25) is 0 Å². The van der Waals surface area contributed by atoms with Crippen molar-refractivity contribution in [3.05, 3.63) is 41.0 Å². The molecule has 0 N–H and O–H groups in total. The Bertz CT molecular complexity index is 502. The average Bonchev–Trinajstić information content (AvgIpc) is 2.56. The Balaban J connectivity index is 2.30. The Kier molecular flexibility index (Phi) is 3.77. The molecule has 0 unspecified atom stereocenters. The molecule has 0 fully saturated rings. The molecule has 0 radical (unpaired) electrons. The Morgan fingerprint density at radius 1 is 1.39 bits per heavy atom. The number of fused-ring (bicyclic) bond motifs is 1. The van der Waals surface area contributed by atoms with Crippen LogP contribution >= 0.6 is 0 Å². The van der Waals surface area contributed by atoms with Crippen LogP contribution in [0.3, 0.4) is 0 Å². The number of esters is 2. The van der Waals surface area contributed by atoms with Crippen LogP contribution < -0.4 is 0 Å². The third-order valence-electron chi connectivity index (χ3n) is 2.59. The minimum absolute atomic E-state index is 0.0478. The minimum atomic E-state index is -0.632. The molecule has 1 aliphatic heterocycles. The third-order valence-corrected chi connectivity index (χ3v) is 2.59. The van der Waals surface area contributed by atoms with Crippen LogP contribution in [0.5, 0.6) is 0 Å². The maximum Gasteiger partial charge on any atom is 0.345 e. The van der Waals surface area contributed by atoms with E-state index in [0.29, 0.717) is 13.0 Å². The maximum atomic E-state index is 11.7. The first-order valence-electron chi connectivity index (χ1n) is 5.86. The molecule has 0 atom stereocenters. The summed E-state index contributed by atoms with van der Waals surface area (Å²) in [5.74, 6) is -1.26. The minimum Gasteiger partial charge on any atom is -0.462 e. The van der Waals surface area contributed by atoms with Crippen LogP contribution in [0.4, 0.5) is 0 Å². The Labute approximate surface area is 105 Å². The van der Waals surface area contributed by atoms with Gasteiger partial charge in [0.05, 0.1) is 6.61 Å². The molecule has 18 heavy (non-hydrogen) atoms. The lowest BCUT2D eigenvalue weighted by molar-refractivity contribution is -0.147. The van der Waals surface area contributed by atoms with Crippen LogP contribution in [0.15, 0.2) is 29.8 Å². The molecule has 4 heteroatoms. The van der Waals surface area contributed by atoms with E-state index in [1.54, 1.807) is 0 Å². The molecule has 1 aromatic carbocycles. The molecule has 0 saturated carbocycles. The third kappa shape index (κ3) is 2.59. The second kappa shape index (κ2) is 5.49. The highest BCUT2D eigenvalue weighted by atomic mass is 16.6. The molecule has 0 saturated heterocycles. The molecule has 1 aliphatic rings. The van der Waals surface area contributed by atoms with E-state index in [1.165, 1.54) is 6.08 Å². The van der Waals surface area contributed by atoms with Crippen LogP contribution in [-0.2, 0) is 25.7 Å². The second-order valence-corrected chi connectivity index (χ2v) is 3.97. The summed E-state index contributed by atoms with van der Waals surface area (Å²) in [7, 11) is 0. The van der Waals surface area contributed by atoms with Gasteiger partial charge in [-0.1, -0.05) is 31.2 Å². The van der Waals surface area contributed by atoms with Crippen LogP contribution in [0, 0.1) is 0 Å². The maximum absolute atomic E-state index is 11.7. The van der Waals surface area contributed by atoms with Crippen molar-refractivity contribution >= 4 is 18.0 Å². The van der Waals surface area contributed by atoms with Crippen LogP contribution in [0.25, 0.3) is 6.08 Å². The zero-order chi connectivity index (χ0) is 13.0. The van der Waals surface area contributed by atoms with E-state index in [2.05, 4.69) is 0 Å². The zero-order valence-electron chi connectivity index (χ0n) is 10.1. The number of rotatable bonds is 3. The highest BCUT2D eigenvalue weighted by Gasteiger charge is 2.24. The molecule has 0 spiro atoms. The smallest absolute Gasteiger partial charge is 0.345 e. The molecule has 0 amide bonds. The van der Waals surface area contributed by atoms with Crippen molar-refractivity contribution in [1.82, 2.24) is 0 Å². The predicted octanol–water partition coefficient (Wildman–Crippen LogP) is 2.08. The van der Waals surface area contributed by atoms with Gasteiger partial charge in [-0.25, -0.2) is 9.59 Å². The van der Waals surface area contributed by atoms with Crippen molar-refractivity contribution in [2.75, 3.05) is 6.61 Å². The fourth-order valence-electron chi connectivity index (χ4n) is 1.66. The summed E-state index contributed by atoms with van der Waals surface area (Å²) >= 11 is 0. The summed E-state index contributed by atoms with van der Waals surface area (Å²) in [5.41, 5.74) is 1.64. The summed E-state index contributed by atoms with van der Waals surface area (Å²) in [6, 6.07) is 7.41. The lowest BCUT2D eigenvalue weighted by Crippen LogP contribution is -2.17. The lowest BCUT2D eigenvalue weighted by atomic mass is 10.1. The molecule has 0 bridgehead atoms. The van der Waals surface area contributed by atoms with E-state index < -0.39 is 11.9 Å². The summed E-state index contributed by atoms with van der Waals surface area (Å²) in [6.45, 7) is 2.36. The largest absolute Gasteiger partial charge is 0.462 e. The van der Waals surface area contributed by atoms with Gasteiger partial charge in [0, 0.05) is 0 Å². The number of carbonyl (C=O) groups is 2. The van der Waals surface area contributed by atoms with Crippen molar-refractivity contribution in [3.8, 4) is 0 Å². The average molecular weight is 246 g/mol. The van der Waals surface area contributed by atoms with E-state index >= 15 is 0 Å². The van der Waals surface area contributed by atoms with Gasteiger partial charge >= 0.3 is 11.9 Å². The van der Waals surface area contributed by atoms with Crippen molar-refractivity contribution in [1.29, 1.82) is 0 Å². The number of hydrogen-bond donors (Lipinski definition) is 0. The fourth-order valence-corrected chi connectivity index (χ4v) is 1.66. The lowest BCUT2D eigenvalue weighted by Gasteiger charge is -2.04. The van der Waals surface area contributed by atoms with Crippen LogP contribution in [0.2, 0.25) is 0 Å². The Hall–Kier alpha value is -2.10. The topological polar surface area (TPSA) is 52.6 Å². The quantitative estimate of drug-likeness (QED) is 0.605. The van der Waals surface area contributed by atoms with Gasteiger partial charge in [-0.2, -0.15) is 0 Å². The Morgan fingerprint density at radius 2 is 2.17 bits per heavy atom. The first kappa shape index (κ1) is 12.4. The van der Waals surface area contributed by atoms with Gasteiger partial charge in [0.25, 0.3) is 0 Å². The first-order chi connectivity index (χ1) is 8.72. The van der Waals surface area contributed by atoms with Crippen LogP contribution in [-0.4, -0.2) is 18.5 Å². The molecule has 0 aromatic heterocycles. The molecule has 1 heterocycles. The number of ether oxygens (including phenoxy) is 2. The van der Waals surface area contributed by atoms with Gasteiger partial charge in [-0.05, 0) is 23.6 Å². The molecule has 1 aromatic rings. The molecule has 94 valence electrons. The number of carbonyl (C=O) groups excluding carboxylic acids is 2. The van der Waals surface area contributed by atoms with Crippen LogP contribution in [0.1, 0.15) is 24.5 Å². The van der Waals surface area contributed by atoms with Crippen molar-refractivity contribution < 1.29 is 19.1 Å². The summed E-state index contributed by atoms with van der Waals surface area (Å²) in [4.78, 5) is 23.4. The molecule has 2 rings (SSSR count). The van der Waals surface area contributed by atoms with E-state index in [-0.39, 0.29) is 12.2 Å². The van der Waals surface area contributed by atoms with Gasteiger partial charge in [0.15, 0.2) is 0 Å². The predicted molar refractivity (Wildman–Crippen MR) is 65.5 cm³/mol. The van der Waals surface area contributed by atoms with Gasteiger partial charge < -0.3 is 9.47 Å². The van der Waals surface area contributed by atoms with Crippen molar-refractivity contribution in [2.24, 2.45) is 0 Å². The van der Waals surface area contributed by atoms with E-state index in [0.717, 1.165) is 11.1 Å². The van der Waals surface area contributed by atoms with Gasteiger partial charge in [-0.3, -0.25) is 0 Å². The van der Waals surface area contributed by atoms with Gasteiger partial charge in [-0.15, -0.1) is 0 Å². The fraction of sp³-hybridized carbons (Fsp3) is 0.286. The zero-order valence-corrected chi connectivity index (χ0v) is 10.1. The highest BCUT2D eigenvalue weighted by Crippen LogP contribution is 2.20. The normalized spacial score (nSPS) is 14.1. The monoisotopic (exact) mass is 246 g/mol. The van der Waals surface area contributed by atoms with E-state index in [4.69, 9.17) is 9.47 Å². The second-order valence-electron chi connectivity index (χ2n) is 3.97. The van der Waals surface area contributed by atoms with E-state index in [9.17, 15) is 9.59 Å².